The highest BCUT2D eigenvalue weighted by Crippen LogP contribution is 2.10. The molecule has 1 aromatic carbocycles. The predicted octanol–water partition coefficient (Wildman–Crippen LogP) is 1.18. The van der Waals surface area contributed by atoms with Gasteiger partial charge >= 0.3 is 0 Å². The van der Waals surface area contributed by atoms with Crippen LogP contribution in [0.4, 0.5) is 0 Å². The smallest absolute Gasteiger partial charge is 0.285 e. The van der Waals surface area contributed by atoms with Gasteiger partial charge in [-0.25, -0.2) is 0 Å². The van der Waals surface area contributed by atoms with Gasteiger partial charge in [0, 0.05) is 21.1 Å². The van der Waals surface area contributed by atoms with Crippen LogP contribution in [0, 0.1) is 0 Å². The minimum atomic E-state index is -3.73. The summed E-state index contributed by atoms with van der Waals surface area (Å²) < 4.78 is 30.0. The molecule has 0 atom stereocenters. The molecule has 0 radical (unpaired) electrons. The van der Waals surface area contributed by atoms with Gasteiger partial charge in [0.15, 0.2) is 5.11 Å². The van der Waals surface area contributed by atoms with Gasteiger partial charge in [-0.15, -0.1) is 4.40 Å². The second-order valence-corrected chi connectivity index (χ2v) is 8.49. The molecule has 0 unspecified atom stereocenters. The Morgan fingerprint density at radius 3 is 2.36 bits per heavy atom. The minimum absolute atomic E-state index is 0.163. The zero-order valence-electron chi connectivity index (χ0n) is 12.1. The molecule has 118 valence electrons. The van der Waals surface area contributed by atoms with Crippen molar-refractivity contribution in [3.8, 4) is 0 Å². The van der Waals surface area contributed by atoms with E-state index in [9.17, 15) is 8.42 Å². The van der Waals surface area contributed by atoms with Crippen molar-refractivity contribution >= 4 is 48.0 Å². The van der Waals surface area contributed by atoms with Crippen LogP contribution in [-0.4, -0.2) is 37.1 Å². The Morgan fingerprint density at radius 2 is 1.77 bits per heavy atom. The van der Waals surface area contributed by atoms with Crippen LogP contribution in [0.25, 0.3) is 0 Å². The molecule has 0 amide bonds. The largest absolute Gasteiger partial charge is 0.353 e. The first-order chi connectivity index (χ1) is 10.3. The highest BCUT2D eigenvalue weighted by atomic mass is 32.9. The Morgan fingerprint density at radius 1 is 1.18 bits per heavy atom. The number of benzene rings is 1. The van der Waals surface area contributed by atoms with Crippen LogP contribution in [0.5, 0.6) is 0 Å². The fraction of sp³-hybridized carbons (Fsp3) is 0.250. The maximum absolute atomic E-state index is 12.3. The normalized spacial score (nSPS) is 13.4. The van der Waals surface area contributed by atoms with E-state index in [4.69, 9.17) is 12.2 Å². The first-order valence-corrected chi connectivity index (χ1v) is 10.1. The second-order valence-electron chi connectivity index (χ2n) is 4.46. The van der Waals surface area contributed by atoms with Crippen LogP contribution in [0.1, 0.15) is 0 Å². The van der Waals surface area contributed by atoms with Gasteiger partial charge in [0.05, 0.1) is 4.90 Å². The third kappa shape index (κ3) is 3.88. The van der Waals surface area contributed by atoms with E-state index in [1.165, 1.54) is 32.8 Å². The standard InChI is InChI=1S/C12H14N4O2S4/c1-15(2)10(19)13-11-16(3)12(21-20-11)14-22(17,18)9-7-5-4-6-8-9/h4-8H,1-3H3/b13-11-,14-12-. The predicted molar refractivity (Wildman–Crippen MR) is 92.2 cm³/mol. The Labute approximate surface area is 141 Å². The topological polar surface area (TPSA) is 67.0 Å². The molecule has 0 aliphatic heterocycles. The maximum Gasteiger partial charge on any atom is 0.285 e. The van der Waals surface area contributed by atoms with Crippen LogP contribution < -0.4 is 9.60 Å². The van der Waals surface area contributed by atoms with Crippen molar-refractivity contribution in [1.82, 2.24) is 9.47 Å². The Balaban J connectivity index is 2.52. The molecule has 0 saturated heterocycles. The molecule has 0 bridgehead atoms. The first kappa shape index (κ1) is 17.0. The minimum Gasteiger partial charge on any atom is -0.353 e. The van der Waals surface area contributed by atoms with Crippen molar-refractivity contribution in [3.63, 3.8) is 0 Å². The zero-order valence-corrected chi connectivity index (χ0v) is 15.4. The third-order valence-electron chi connectivity index (χ3n) is 2.58. The van der Waals surface area contributed by atoms with E-state index in [-0.39, 0.29) is 4.90 Å². The van der Waals surface area contributed by atoms with Crippen LogP contribution in [-0.2, 0) is 17.1 Å². The lowest BCUT2D eigenvalue weighted by Gasteiger charge is -2.07. The van der Waals surface area contributed by atoms with Gasteiger partial charge < -0.3 is 4.90 Å². The zero-order chi connectivity index (χ0) is 16.3. The van der Waals surface area contributed by atoms with Crippen LogP contribution in [0.2, 0.25) is 0 Å². The van der Waals surface area contributed by atoms with Gasteiger partial charge in [-0.3, -0.25) is 4.57 Å². The molecule has 1 heterocycles. The molecule has 0 aliphatic rings. The van der Waals surface area contributed by atoms with Gasteiger partial charge in [-0.05, 0) is 45.0 Å². The molecular formula is C12H14N4O2S4. The average molecular weight is 375 g/mol. The monoisotopic (exact) mass is 374 g/mol. The Hall–Kier alpha value is -1.36. The summed E-state index contributed by atoms with van der Waals surface area (Å²) in [5.74, 6) is 0. The van der Waals surface area contributed by atoms with Crippen LogP contribution in [0.3, 0.4) is 0 Å². The summed E-state index contributed by atoms with van der Waals surface area (Å²) in [5, 5.41) is 0.419. The number of sulfonamides is 1. The van der Waals surface area contributed by atoms with E-state index in [1.54, 1.807) is 48.8 Å². The molecule has 0 N–H and O–H groups in total. The van der Waals surface area contributed by atoms with E-state index < -0.39 is 10.0 Å². The highest BCUT2D eigenvalue weighted by molar-refractivity contribution is 7.90. The fourth-order valence-electron chi connectivity index (χ4n) is 1.37. The van der Waals surface area contributed by atoms with Crippen LogP contribution >= 0.6 is 32.9 Å². The molecular weight excluding hydrogens is 360 g/mol. The number of nitrogens with zero attached hydrogens (tertiary/aromatic N) is 4. The molecule has 0 fully saturated rings. The highest BCUT2D eigenvalue weighted by Gasteiger charge is 2.12. The summed E-state index contributed by atoms with van der Waals surface area (Å²) in [6.45, 7) is 0. The van der Waals surface area contributed by atoms with Gasteiger partial charge in [-0.2, -0.15) is 13.4 Å². The van der Waals surface area contributed by atoms with E-state index in [0.717, 1.165) is 0 Å². The molecule has 6 nitrogen and oxygen atoms in total. The first-order valence-electron chi connectivity index (χ1n) is 6.09. The number of rotatable bonds is 2. The lowest BCUT2D eigenvalue weighted by molar-refractivity contribution is 0.595. The molecule has 0 spiro atoms. The van der Waals surface area contributed by atoms with Gasteiger partial charge in [0.25, 0.3) is 10.0 Å². The van der Waals surface area contributed by atoms with Crippen molar-refractivity contribution < 1.29 is 8.42 Å². The number of hydrogen-bond donors (Lipinski definition) is 0. The molecule has 2 rings (SSSR count). The van der Waals surface area contributed by atoms with Gasteiger partial charge in [0.1, 0.15) is 0 Å². The Kier molecular flexibility index (Phi) is 5.27. The molecule has 1 aromatic heterocycles. The van der Waals surface area contributed by atoms with Crippen molar-refractivity contribution in [2.75, 3.05) is 14.1 Å². The van der Waals surface area contributed by atoms with Crippen molar-refractivity contribution in [2.45, 2.75) is 4.90 Å². The van der Waals surface area contributed by atoms with E-state index >= 15 is 0 Å². The second kappa shape index (κ2) is 6.82. The Bertz CT molecular complexity index is 904. The summed E-state index contributed by atoms with van der Waals surface area (Å²) in [6, 6.07) is 8.11. The maximum atomic E-state index is 12.3. The lowest BCUT2D eigenvalue weighted by Crippen LogP contribution is -2.27. The van der Waals surface area contributed by atoms with Crippen LogP contribution in [0.15, 0.2) is 44.6 Å². The van der Waals surface area contributed by atoms with Crippen molar-refractivity contribution in [2.24, 2.45) is 16.4 Å². The van der Waals surface area contributed by atoms with E-state index in [0.29, 0.717) is 14.7 Å². The molecule has 22 heavy (non-hydrogen) atoms. The molecule has 10 heteroatoms. The number of thiocarbonyl (C=S) groups is 1. The molecule has 0 aliphatic carbocycles. The molecule has 0 saturated carbocycles. The van der Waals surface area contributed by atoms with E-state index in [1.807, 2.05) is 0 Å². The SMILES string of the molecule is CN(C)C(=S)/N=c1\ss/c(=N\S(=O)(=O)c2ccccc2)n1C. The van der Waals surface area contributed by atoms with Gasteiger partial charge in [0.2, 0.25) is 9.60 Å². The van der Waals surface area contributed by atoms with Crippen molar-refractivity contribution in [3.05, 3.63) is 39.9 Å². The summed E-state index contributed by atoms with van der Waals surface area (Å²) in [6.07, 6.45) is 0. The average Bonchev–Trinajstić information content (AvgIpc) is 2.80. The fourth-order valence-corrected chi connectivity index (χ4v) is 5.09. The van der Waals surface area contributed by atoms with Crippen molar-refractivity contribution in [1.29, 1.82) is 0 Å². The molecule has 2 aromatic rings. The summed E-state index contributed by atoms with van der Waals surface area (Å²) in [5.41, 5.74) is 0. The van der Waals surface area contributed by atoms with E-state index in [2.05, 4.69) is 9.39 Å². The summed E-state index contributed by atoms with van der Waals surface area (Å²) in [7, 11) is 4.14. The lowest BCUT2D eigenvalue weighted by atomic mass is 10.4. The summed E-state index contributed by atoms with van der Waals surface area (Å²) in [4.78, 5) is 7.10. The number of aromatic nitrogens is 1. The quantitative estimate of drug-likeness (QED) is 0.585. The third-order valence-corrected chi connectivity index (χ3v) is 6.69. The summed E-state index contributed by atoms with van der Waals surface area (Å²) >= 11 is 5.12. The van der Waals surface area contributed by atoms with Gasteiger partial charge in [-0.1, -0.05) is 18.2 Å². The number of hydrogen-bond acceptors (Lipinski definition) is 5.